The summed E-state index contributed by atoms with van der Waals surface area (Å²) >= 11 is 0. The van der Waals surface area contributed by atoms with Crippen LogP contribution in [0.25, 0.3) is 0 Å². The summed E-state index contributed by atoms with van der Waals surface area (Å²) in [6.07, 6.45) is 7.42. The largest absolute Gasteiger partial charge is 0.469 e. The van der Waals surface area contributed by atoms with Crippen molar-refractivity contribution in [3.8, 4) is 0 Å². The Morgan fingerprint density at radius 3 is 2.79 bits per heavy atom. The minimum Gasteiger partial charge on any atom is -0.469 e. The zero-order valence-electron chi connectivity index (χ0n) is 11.0. The van der Waals surface area contributed by atoms with Crippen molar-refractivity contribution in [2.75, 3.05) is 13.1 Å². The smallest absolute Gasteiger partial charge is 0.280 e. The van der Waals surface area contributed by atoms with Crippen molar-refractivity contribution in [2.45, 2.75) is 44.6 Å². The molecular weight excluding hydrogens is 264 g/mol. The molecule has 0 amide bonds. The number of nitrogens with one attached hydrogen (secondary N) is 1. The molecule has 0 saturated carbocycles. The summed E-state index contributed by atoms with van der Waals surface area (Å²) in [5.41, 5.74) is 1.01. The van der Waals surface area contributed by atoms with Gasteiger partial charge in [0.05, 0.1) is 12.3 Å². The molecule has 2 aliphatic rings. The van der Waals surface area contributed by atoms with E-state index in [0.29, 0.717) is 13.1 Å². The average molecular weight is 284 g/mol. The van der Waals surface area contributed by atoms with Crippen molar-refractivity contribution in [3.63, 3.8) is 0 Å². The first-order valence-electron chi connectivity index (χ1n) is 7.00. The molecular formula is C13H20N2O3S. The van der Waals surface area contributed by atoms with Gasteiger partial charge in [-0.3, -0.25) is 0 Å². The molecule has 1 aromatic rings. The number of hydrogen-bond donors (Lipinski definition) is 1. The van der Waals surface area contributed by atoms with Crippen LogP contribution in [0.1, 0.15) is 49.5 Å². The SMILES string of the molecule is O=S(=O)(NC1CCCc2occc21)N1CCCCC1. The maximum absolute atomic E-state index is 12.4. The number of aryl methyl sites for hydroxylation is 1. The molecule has 3 rings (SSSR count). The minimum atomic E-state index is -3.36. The Hall–Kier alpha value is -0.850. The normalized spacial score (nSPS) is 25.2. The predicted octanol–water partition coefficient (Wildman–Crippen LogP) is 1.98. The summed E-state index contributed by atoms with van der Waals surface area (Å²) in [7, 11) is -3.36. The van der Waals surface area contributed by atoms with E-state index in [1.807, 2.05) is 6.07 Å². The predicted molar refractivity (Wildman–Crippen MR) is 71.9 cm³/mol. The summed E-state index contributed by atoms with van der Waals surface area (Å²) in [6, 6.07) is 1.76. The van der Waals surface area contributed by atoms with Crippen LogP contribution in [0.2, 0.25) is 0 Å². The number of rotatable bonds is 3. The molecule has 106 valence electrons. The lowest BCUT2D eigenvalue weighted by molar-refractivity contribution is 0.335. The molecule has 1 aliphatic carbocycles. The van der Waals surface area contributed by atoms with Gasteiger partial charge in [0.2, 0.25) is 0 Å². The standard InChI is InChI=1S/C13H20N2O3S/c16-19(17,15-8-2-1-3-9-15)14-12-5-4-6-13-11(12)7-10-18-13/h7,10,12,14H,1-6,8-9H2. The van der Waals surface area contributed by atoms with Crippen molar-refractivity contribution >= 4 is 10.2 Å². The molecule has 1 unspecified atom stereocenters. The third-order valence-corrected chi connectivity index (χ3v) is 5.63. The fourth-order valence-electron chi connectivity index (χ4n) is 2.97. The van der Waals surface area contributed by atoms with Crippen LogP contribution < -0.4 is 4.72 Å². The number of piperidine rings is 1. The van der Waals surface area contributed by atoms with E-state index in [2.05, 4.69) is 4.72 Å². The van der Waals surface area contributed by atoms with Gasteiger partial charge in [-0.15, -0.1) is 0 Å². The average Bonchev–Trinajstić information content (AvgIpc) is 2.89. The molecule has 6 heteroatoms. The van der Waals surface area contributed by atoms with E-state index in [1.165, 1.54) is 0 Å². The summed E-state index contributed by atoms with van der Waals surface area (Å²) in [5, 5.41) is 0. The maximum Gasteiger partial charge on any atom is 0.280 e. The summed E-state index contributed by atoms with van der Waals surface area (Å²) in [5.74, 6) is 0.928. The van der Waals surface area contributed by atoms with Crippen LogP contribution in [0, 0.1) is 0 Å². The zero-order chi connectivity index (χ0) is 13.3. The van der Waals surface area contributed by atoms with E-state index in [1.54, 1.807) is 10.6 Å². The molecule has 1 saturated heterocycles. The number of fused-ring (bicyclic) bond motifs is 1. The zero-order valence-corrected chi connectivity index (χ0v) is 11.8. The van der Waals surface area contributed by atoms with Crippen molar-refractivity contribution in [1.29, 1.82) is 0 Å². The number of hydrogen-bond acceptors (Lipinski definition) is 3. The first-order chi connectivity index (χ1) is 9.17. The van der Waals surface area contributed by atoms with Crippen molar-refractivity contribution < 1.29 is 12.8 Å². The van der Waals surface area contributed by atoms with E-state index in [0.717, 1.165) is 49.8 Å². The highest BCUT2D eigenvalue weighted by atomic mass is 32.2. The molecule has 2 heterocycles. The Morgan fingerprint density at radius 2 is 2.00 bits per heavy atom. The first-order valence-corrected chi connectivity index (χ1v) is 8.44. The van der Waals surface area contributed by atoms with Crippen molar-refractivity contribution in [1.82, 2.24) is 9.03 Å². The van der Waals surface area contributed by atoms with Crippen LogP contribution in [0.15, 0.2) is 16.7 Å². The molecule has 0 bridgehead atoms. The Morgan fingerprint density at radius 1 is 1.21 bits per heavy atom. The fraction of sp³-hybridized carbons (Fsp3) is 0.692. The van der Waals surface area contributed by atoms with Gasteiger partial charge in [0.1, 0.15) is 5.76 Å². The van der Waals surface area contributed by atoms with Crippen LogP contribution >= 0.6 is 0 Å². The minimum absolute atomic E-state index is 0.130. The monoisotopic (exact) mass is 284 g/mol. The van der Waals surface area contributed by atoms with Crippen LogP contribution in [-0.2, 0) is 16.6 Å². The van der Waals surface area contributed by atoms with Crippen LogP contribution in [-0.4, -0.2) is 25.8 Å². The second-order valence-corrected chi connectivity index (χ2v) is 7.03. The number of nitrogens with zero attached hydrogens (tertiary/aromatic N) is 1. The van der Waals surface area contributed by atoms with E-state index in [4.69, 9.17) is 4.42 Å². The molecule has 5 nitrogen and oxygen atoms in total. The molecule has 1 N–H and O–H groups in total. The van der Waals surface area contributed by atoms with Gasteiger partial charge in [0, 0.05) is 25.1 Å². The van der Waals surface area contributed by atoms with E-state index in [-0.39, 0.29) is 6.04 Å². The maximum atomic E-state index is 12.4. The first kappa shape index (κ1) is 13.1. The molecule has 1 fully saturated rings. The van der Waals surface area contributed by atoms with Gasteiger partial charge in [0.15, 0.2) is 0 Å². The quantitative estimate of drug-likeness (QED) is 0.923. The lowest BCUT2D eigenvalue weighted by Crippen LogP contribution is -2.45. The fourth-order valence-corrected chi connectivity index (χ4v) is 4.46. The van der Waals surface area contributed by atoms with Crippen molar-refractivity contribution in [2.24, 2.45) is 0 Å². The van der Waals surface area contributed by atoms with Gasteiger partial charge in [-0.25, -0.2) is 0 Å². The van der Waals surface area contributed by atoms with E-state index < -0.39 is 10.2 Å². The van der Waals surface area contributed by atoms with Crippen LogP contribution in [0.4, 0.5) is 0 Å². The number of furan rings is 1. The van der Waals surface area contributed by atoms with Gasteiger partial charge < -0.3 is 4.42 Å². The van der Waals surface area contributed by atoms with Gasteiger partial charge in [-0.2, -0.15) is 17.4 Å². The highest BCUT2D eigenvalue weighted by Gasteiger charge is 2.30. The van der Waals surface area contributed by atoms with Gasteiger partial charge >= 0.3 is 0 Å². The molecule has 19 heavy (non-hydrogen) atoms. The Bertz CT molecular complexity index is 532. The van der Waals surface area contributed by atoms with Gasteiger partial charge in [0.25, 0.3) is 10.2 Å². The van der Waals surface area contributed by atoms with Crippen LogP contribution in [0.3, 0.4) is 0 Å². The Labute approximate surface area is 114 Å². The Balaban J connectivity index is 1.75. The molecule has 1 aromatic heterocycles. The summed E-state index contributed by atoms with van der Waals surface area (Å²) in [4.78, 5) is 0. The van der Waals surface area contributed by atoms with Crippen LogP contribution in [0.5, 0.6) is 0 Å². The van der Waals surface area contributed by atoms with Gasteiger partial charge in [-0.05, 0) is 31.7 Å². The van der Waals surface area contributed by atoms with Gasteiger partial charge in [-0.1, -0.05) is 6.42 Å². The summed E-state index contributed by atoms with van der Waals surface area (Å²) < 4.78 is 34.6. The van der Waals surface area contributed by atoms with Crippen molar-refractivity contribution in [3.05, 3.63) is 23.7 Å². The molecule has 0 radical (unpaired) electrons. The van der Waals surface area contributed by atoms with E-state index >= 15 is 0 Å². The van der Waals surface area contributed by atoms with E-state index in [9.17, 15) is 8.42 Å². The third kappa shape index (κ3) is 2.70. The highest BCUT2D eigenvalue weighted by molar-refractivity contribution is 7.87. The highest BCUT2D eigenvalue weighted by Crippen LogP contribution is 2.31. The molecule has 1 atom stereocenters. The second kappa shape index (κ2) is 5.26. The Kier molecular flexibility index (Phi) is 3.64. The molecule has 0 spiro atoms. The second-order valence-electron chi connectivity index (χ2n) is 5.33. The topological polar surface area (TPSA) is 62.6 Å². The lowest BCUT2D eigenvalue weighted by atomic mass is 9.94. The molecule has 0 aromatic carbocycles. The summed E-state index contributed by atoms with van der Waals surface area (Å²) in [6.45, 7) is 1.28. The molecule has 1 aliphatic heterocycles. The third-order valence-electron chi connectivity index (χ3n) is 4.00. The lowest BCUT2D eigenvalue weighted by Gasteiger charge is -2.29.